The van der Waals surface area contributed by atoms with E-state index >= 15 is 0 Å². The first-order valence-corrected chi connectivity index (χ1v) is 10.7. The number of nitriles is 1. The largest absolute Gasteiger partial charge is 0.337 e. The van der Waals surface area contributed by atoms with Crippen LogP contribution in [-0.2, 0) is 4.79 Å². The van der Waals surface area contributed by atoms with Crippen LogP contribution in [0.1, 0.15) is 20.8 Å². The van der Waals surface area contributed by atoms with E-state index in [1.54, 1.807) is 18.3 Å². The minimum atomic E-state index is -0.896. The lowest BCUT2D eigenvalue weighted by atomic mass is 9.90. The molecule has 6 nitrogen and oxygen atoms in total. The fraction of sp³-hybridized carbons (Fsp3) is 0.300. The molecule has 0 bridgehead atoms. The van der Waals surface area contributed by atoms with Gasteiger partial charge < -0.3 is 5.32 Å². The van der Waals surface area contributed by atoms with Crippen LogP contribution in [0.25, 0.3) is 16.4 Å². The zero-order valence-electron chi connectivity index (χ0n) is 15.9. The number of nitrogens with zero attached hydrogens (tertiary/aromatic N) is 4. The summed E-state index contributed by atoms with van der Waals surface area (Å²) < 4.78 is 1.95. The Morgan fingerprint density at radius 2 is 2.04 bits per heavy atom. The molecule has 3 aromatic rings. The van der Waals surface area contributed by atoms with E-state index in [-0.39, 0.29) is 17.6 Å². The number of aromatic nitrogens is 3. The Kier molecular flexibility index (Phi) is 6.17. The molecule has 0 aliphatic heterocycles. The first-order chi connectivity index (χ1) is 13.4. The molecule has 0 aliphatic carbocycles. The Morgan fingerprint density at radius 3 is 2.64 bits per heavy atom. The van der Waals surface area contributed by atoms with Crippen LogP contribution in [0.5, 0.6) is 0 Å². The van der Waals surface area contributed by atoms with E-state index in [0.717, 1.165) is 16.4 Å². The number of hydrogen-bond donors (Lipinski definition) is 1. The number of hydrogen-bond acceptors (Lipinski definition) is 6. The van der Waals surface area contributed by atoms with Crippen molar-refractivity contribution in [3.05, 3.63) is 47.8 Å². The van der Waals surface area contributed by atoms with Gasteiger partial charge in [0.15, 0.2) is 11.0 Å². The fourth-order valence-corrected chi connectivity index (χ4v) is 3.95. The number of thioether (sulfide) groups is 1. The molecule has 144 valence electrons. The summed E-state index contributed by atoms with van der Waals surface area (Å²) in [4.78, 5) is 13.4. The van der Waals surface area contributed by atoms with E-state index in [4.69, 9.17) is 0 Å². The van der Waals surface area contributed by atoms with Gasteiger partial charge in [-0.1, -0.05) is 49.9 Å². The van der Waals surface area contributed by atoms with Crippen LogP contribution >= 0.6 is 23.1 Å². The van der Waals surface area contributed by atoms with Crippen LogP contribution in [0.4, 0.5) is 0 Å². The van der Waals surface area contributed by atoms with Gasteiger partial charge in [0.05, 0.1) is 16.7 Å². The summed E-state index contributed by atoms with van der Waals surface area (Å²) in [6.45, 7) is 5.56. The van der Waals surface area contributed by atoms with E-state index in [1.165, 1.54) is 11.8 Å². The maximum atomic E-state index is 12.4. The Hall–Kier alpha value is -2.63. The average molecular weight is 412 g/mol. The molecule has 2 aromatic heterocycles. The first kappa shape index (κ1) is 20.1. The summed E-state index contributed by atoms with van der Waals surface area (Å²) in [5.41, 5.74) is 0.0372. The lowest BCUT2D eigenvalue weighted by Gasteiger charge is -2.27. The second-order valence-electron chi connectivity index (χ2n) is 6.76. The molecular formula is C20H21N5OS2. The standard InChI is InChI=1S/C20H21N5OS2/c1-14(2)20(3,13-21)22-17(26)12-28-19-24-23-18(16-10-7-11-27-16)25(19)15-8-5-4-6-9-15/h4-11,14H,12H2,1-3H3,(H,22,26)/t20-/m1/s1. The van der Waals surface area contributed by atoms with E-state index < -0.39 is 5.54 Å². The second-order valence-corrected chi connectivity index (χ2v) is 8.65. The highest BCUT2D eigenvalue weighted by Crippen LogP contribution is 2.30. The number of carbonyl (C=O) groups excluding carboxylic acids is 1. The van der Waals surface area contributed by atoms with Gasteiger partial charge in [-0.25, -0.2) is 0 Å². The van der Waals surface area contributed by atoms with Crippen LogP contribution in [0.15, 0.2) is 53.0 Å². The molecular weight excluding hydrogens is 390 g/mol. The lowest BCUT2D eigenvalue weighted by molar-refractivity contribution is -0.120. The molecule has 1 atom stereocenters. The molecule has 1 aromatic carbocycles. The molecule has 0 unspecified atom stereocenters. The molecule has 3 rings (SSSR count). The van der Waals surface area contributed by atoms with Crippen LogP contribution < -0.4 is 5.32 Å². The Morgan fingerprint density at radius 1 is 1.29 bits per heavy atom. The van der Waals surface area contributed by atoms with E-state index in [1.807, 2.05) is 66.3 Å². The third kappa shape index (κ3) is 4.26. The topological polar surface area (TPSA) is 83.6 Å². The van der Waals surface area contributed by atoms with Crippen LogP contribution in [-0.4, -0.2) is 32.0 Å². The normalized spacial score (nSPS) is 13.1. The second kappa shape index (κ2) is 8.59. The SMILES string of the molecule is CC(C)[C@@](C)(C#N)NC(=O)CSc1nnc(-c2cccs2)n1-c1ccccc1. The zero-order chi connectivity index (χ0) is 20.1. The predicted molar refractivity (Wildman–Crippen MR) is 112 cm³/mol. The molecule has 8 heteroatoms. The Bertz CT molecular complexity index is 976. The van der Waals surface area contributed by atoms with Gasteiger partial charge in [0.1, 0.15) is 5.54 Å². The summed E-state index contributed by atoms with van der Waals surface area (Å²) in [6, 6.07) is 16.0. The predicted octanol–water partition coefficient (Wildman–Crippen LogP) is 4.14. The van der Waals surface area contributed by atoms with Gasteiger partial charge in [-0.15, -0.1) is 21.5 Å². The van der Waals surface area contributed by atoms with Crippen molar-refractivity contribution in [3.63, 3.8) is 0 Å². The highest BCUT2D eigenvalue weighted by atomic mass is 32.2. The van der Waals surface area contributed by atoms with Crippen molar-refractivity contribution in [1.29, 1.82) is 5.26 Å². The van der Waals surface area contributed by atoms with Crippen LogP contribution in [0, 0.1) is 17.2 Å². The minimum Gasteiger partial charge on any atom is -0.337 e. The monoisotopic (exact) mass is 411 g/mol. The number of para-hydroxylation sites is 1. The summed E-state index contributed by atoms with van der Waals surface area (Å²) in [5.74, 6) is 0.695. The molecule has 28 heavy (non-hydrogen) atoms. The molecule has 0 fully saturated rings. The lowest BCUT2D eigenvalue weighted by Crippen LogP contribution is -2.49. The molecule has 0 saturated carbocycles. The summed E-state index contributed by atoms with van der Waals surface area (Å²) >= 11 is 2.89. The number of carbonyl (C=O) groups is 1. The van der Waals surface area contributed by atoms with Gasteiger partial charge in [0.25, 0.3) is 0 Å². The Balaban J connectivity index is 1.83. The van der Waals surface area contributed by atoms with Gasteiger partial charge in [0.2, 0.25) is 5.91 Å². The van der Waals surface area contributed by atoms with Gasteiger partial charge in [-0.05, 0) is 36.4 Å². The average Bonchev–Trinajstić information content (AvgIpc) is 3.36. The van der Waals surface area contributed by atoms with Crippen molar-refractivity contribution in [2.45, 2.75) is 31.5 Å². The van der Waals surface area contributed by atoms with Gasteiger partial charge in [-0.2, -0.15) is 5.26 Å². The summed E-state index contributed by atoms with van der Waals surface area (Å²) in [6.07, 6.45) is 0. The quantitative estimate of drug-likeness (QED) is 0.591. The molecule has 1 N–H and O–H groups in total. The van der Waals surface area contributed by atoms with Gasteiger partial charge >= 0.3 is 0 Å². The maximum absolute atomic E-state index is 12.4. The fourth-order valence-electron chi connectivity index (χ4n) is 2.50. The summed E-state index contributed by atoms with van der Waals surface area (Å²) in [5, 5.41) is 23.5. The number of nitrogens with one attached hydrogen (secondary N) is 1. The molecule has 0 spiro atoms. The molecule has 0 saturated heterocycles. The van der Waals surface area contributed by atoms with Crippen molar-refractivity contribution in [3.8, 4) is 22.5 Å². The molecule has 0 aliphatic rings. The van der Waals surface area contributed by atoms with Gasteiger partial charge in [-0.3, -0.25) is 9.36 Å². The third-order valence-corrected chi connectivity index (χ3v) is 6.30. The number of thiophene rings is 1. The highest BCUT2D eigenvalue weighted by Gasteiger charge is 2.30. The van der Waals surface area contributed by atoms with Crippen LogP contribution in [0.3, 0.4) is 0 Å². The van der Waals surface area contributed by atoms with E-state index in [0.29, 0.717) is 5.16 Å². The molecule has 1 amide bonds. The van der Waals surface area contributed by atoms with Crippen molar-refractivity contribution in [2.75, 3.05) is 5.75 Å². The van der Waals surface area contributed by atoms with Crippen molar-refractivity contribution in [2.24, 2.45) is 5.92 Å². The third-order valence-electron chi connectivity index (χ3n) is 4.51. The summed E-state index contributed by atoms with van der Waals surface area (Å²) in [7, 11) is 0. The van der Waals surface area contributed by atoms with Crippen molar-refractivity contribution < 1.29 is 4.79 Å². The van der Waals surface area contributed by atoms with Crippen LogP contribution in [0.2, 0.25) is 0 Å². The van der Waals surface area contributed by atoms with E-state index in [9.17, 15) is 10.1 Å². The number of benzene rings is 1. The maximum Gasteiger partial charge on any atom is 0.231 e. The number of amides is 1. The first-order valence-electron chi connectivity index (χ1n) is 8.84. The van der Waals surface area contributed by atoms with Crippen molar-refractivity contribution >= 4 is 29.0 Å². The zero-order valence-corrected chi connectivity index (χ0v) is 17.5. The van der Waals surface area contributed by atoms with E-state index in [2.05, 4.69) is 21.6 Å². The minimum absolute atomic E-state index is 0.00449. The van der Waals surface area contributed by atoms with Crippen molar-refractivity contribution in [1.82, 2.24) is 20.1 Å². The molecule has 0 radical (unpaired) electrons. The number of rotatable bonds is 7. The smallest absolute Gasteiger partial charge is 0.231 e. The van der Waals surface area contributed by atoms with Gasteiger partial charge in [0, 0.05) is 5.69 Å². The molecule has 2 heterocycles. The Labute approximate surface area is 172 Å². The highest BCUT2D eigenvalue weighted by molar-refractivity contribution is 7.99.